The standard InChI is InChI=1S/C16H26N2O/c1-13(2)16(12-19-3)18-10-9-17-11-15(18)14-7-5-4-6-8-14/h4-8,13,15-17H,9-12H2,1-3H3. The lowest BCUT2D eigenvalue weighted by atomic mass is 9.96. The van der Waals surface area contributed by atoms with Crippen LogP contribution in [0.5, 0.6) is 0 Å². The van der Waals surface area contributed by atoms with E-state index < -0.39 is 0 Å². The summed E-state index contributed by atoms with van der Waals surface area (Å²) in [6, 6.07) is 11.7. The molecular formula is C16H26N2O. The molecule has 0 aliphatic carbocycles. The Bertz CT molecular complexity index is 366. The predicted octanol–water partition coefficient (Wildman–Crippen LogP) is 2.30. The molecule has 2 atom stereocenters. The summed E-state index contributed by atoms with van der Waals surface area (Å²) in [6.07, 6.45) is 0. The minimum Gasteiger partial charge on any atom is -0.383 e. The Hall–Kier alpha value is -0.900. The third-order valence-corrected chi connectivity index (χ3v) is 4.00. The molecule has 0 bridgehead atoms. The number of hydrogen-bond donors (Lipinski definition) is 1. The first-order valence-electron chi connectivity index (χ1n) is 7.24. The Morgan fingerprint density at radius 3 is 2.68 bits per heavy atom. The van der Waals surface area contributed by atoms with Crippen LogP contribution in [-0.2, 0) is 4.74 Å². The smallest absolute Gasteiger partial charge is 0.0620 e. The van der Waals surface area contributed by atoms with Crippen LogP contribution < -0.4 is 5.32 Å². The molecule has 1 saturated heterocycles. The van der Waals surface area contributed by atoms with Gasteiger partial charge in [-0.25, -0.2) is 0 Å². The van der Waals surface area contributed by atoms with Crippen molar-refractivity contribution >= 4 is 0 Å². The summed E-state index contributed by atoms with van der Waals surface area (Å²) >= 11 is 0. The molecule has 19 heavy (non-hydrogen) atoms. The molecule has 0 aromatic heterocycles. The van der Waals surface area contributed by atoms with Crippen LogP contribution in [0.4, 0.5) is 0 Å². The van der Waals surface area contributed by atoms with Gasteiger partial charge in [0.15, 0.2) is 0 Å². The lowest BCUT2D eigenvalue weighted by molar-refractivity contribution is 0.0237. The van der Waals surface area contributed by atoms with Gasteiger partial charge in [0.2, 0.25) is 0 Å². The van der Waals surface area contributed by atoms with Crippen molar-refractivity contribution in [1.82, 2.24) is 10.2 Å². The number of benzene rings is 1. The maximum Gasteiger partial charge on any atom is 0.0620 e. The van der Waals surface area contributed by atoms with Gasteiger partial charge in [0.1, 0.15) is 0 Å². The average molecular weight is 262 g/mol. The highest BCUT2D eigenvalue weighted by molar-refractivity contribution is 5.20. The lowest BCUT2D eigenvalue weighted by Gasteiger charge is -2.43. The van der Waals surface area contributed by atoms with E-state index in [4.69, 9.17) is 4.74 Å². The summed E-state index contributed by atoms with van der Waals surface area (Å²) in [7, 11) is 1.80. The Labute approximate surface area is 116 Å². The van der Waals surface area contributed by atoms with Crippen molar-refractivity contribution < 1.29 is 4.74 Å². The van der Waals surface area contributed by atoms with Crippen molar-refractivity contribution in [1.29, 1.82) is 0 Å². The van der Waals surface area contributed by atoms with Gasteiger partial charge in [0.25, 0.3) is 0 Å². The van der Waals surface area contributed by atoms with Gasteiger partial charge in [-0.15, -0.1) is 0 Å². The van der Waals surface area contributed by atoms with Crippen LogP contribution in [0, 0.1) is 5.92 Å². The zero-order chi connectivity index (χ0) is 13.7. The number of methoxy groups -OCH3 is 1. The molecule has 0 amide bonds. The van der Waals surface area contributed by atoms with Gasteiger partial charge < -0.3 is 10.1 Å². The molecule has 0 radical (unpaired) electrons. The number of nitrogens with zero attached hydrogens (tertiary/aromatic N) is 1. The Morgan fingerprint density at radius 1 is 1.32 bits per heavy atom. The fraction of sp³-hybridized carbons (Fsp3) is 0.625. The van der Waals surface area contributed by atoms with Crippen molar-refractivity contribution in [2.45, 2.75) is 25.9 Å². The molecule has 3 heteroatoms. The highest BCUT2D eigenvalue weighted by Gasteiger charge is 2.31. The summed E-state index contributed by atoms with van der Waals surface area (Å²) in [5.41, 5.74) is 1.40. The summed E-state index contributed by atoms with van der Waals surface area (Å²) in [4.78, 5) is 2.61. The van der Waals surface area contributed by atoms with E-state index in [1.54, 1.807) is 7.11 Å². The van der Waals surface area contributed by atoms with E-state index in [9.17, 15) is 0 Å². The summed E-state index contributed by atoms with van der Waals surface area (Å²) in [5, 5.41) is 3.52. The van der Waals surface area contributed by atoms with Gasteiger partial charge >= 0.3 is 0 Å². The molecule has 2 unspecified atom stereocenters. The van der Waals surface area contributed by atoms with Crippen molar-refractivity contribution in [3.63, 3.8) is 0 Å². The first kappa shape index (κ1) is 14.5. The Morgan fingerprint density at radius 2 is 2.05 bits per heavy atom. The zero-order valence-electron chi connectivity index (χ0n) is 12.3. The Kier molecular flexibility index (Phi) is 5.37. The minimum absolute atomic E-state index is 0.456. The number of rotatable bonds is 5. The van der Waals surface area contributed by atoms with E-state index >= 15 is 0 Å². The van der Waals surface area contributed by atoms with E-state index in [-0.39, 0.29) is 0 Å². The molecule has 0 saturated carbocycles. The molecule has 3 nitrogen and oxygen atoms in total. The predicted molar refractivity (Wildman–Crippen MR) is 79.3 cm³/mol. The molecule has 1 aliphatic rings. The molecule has 1 aromatic carbocycles. The third-order valence-electron chi connectivity index (χ3n) is 4.00. The van der Waals surface area contributed by atoms with E-state index in [1.807, 2.05) is 0 Å². The van der Waals surface area contributed by atoms with Crippen molar-refractivity contribution in [2.75, 3.05) is 33.4 Å². The van der Waals surface area contributed by atoms with Crippen LogP contribution in [0.1, 0.15) is 25.5 Å². The van der Waals surface area contributed by atoms with E-state index in [2.05, 4.69) is 54.4 Å². The molecule has 1 aliphatic heterocycles. The first-order chi connectivity index (χ1) is 9.24. The van der Waals surface area contributed by atoms with Crippen LogP contribution in [0.25, 0.3) is 0 Å². The maximum absolute atomic E-state index is 5.44. The van der Waals surface area contributed by atoms with Gasteiger partial charge in [-0.3, -0.25) is 4.90 Å². The number of ether oxygens (including phenoxy) is 1. The second-order valence-corrected chi connectivity index (χ2v) is 5.64. The topological polar surface area (TPSA) is 24.5 Å². The third kappa shape index (κ3) is 3.56. The van der Waals surface area contributed by atoms with Crippen LogP contribution in [0.15, 0.2) is 30.3 Å². The molecule has 1 heterocycles. The normalized spacial score (nSPS) is 22.6. The minimum atomic E-state index is 0.456. The highest BCUT2D eigenvalue weighted by Crippen LogP contribution is 2.27. The fourth-order valence-corrected chi connectivity index (χ4v) is 2.94. The number of nitrogens with one attached hydrogen (secondary N) is 1. The molecular weight excluding hydrogens is 236 g/mol. The maximum atomic E-state index is 5.44. The molecule has 0 spiro atoms. The Balaban J connectivity index is 2.19. The highest BCUT2D eigenvalue weighted by atomic mass is 16.5. The molecule has 106 valence electrons. The number of hydrogen-bond acceptors (Lipinski definition) is 3. The molecule has 1 fully saturated rings. The van der Waals surface area contributed by atoms with Gasteiger partial charge in [0.05, 0.1) is 6.61 Å². The summed E-state index contributed by atoms with van der Waals surface area (Å²) in [5.74, 6) is 0.601. The average Bonchev–Trinajstić information content (AvgIpc) is 2.45. The quantitative estimate of drug-likeness (QED) is 0.881. The van der Waals surface area contributed by atoms with Crippen LogP contribution in [-0.4, -0.2) is 44.3 Å². The van der Waals surface area contributed by atoms with Gasteiger partial charge in [-0.2, -0.15) is 0 Å². The summed E-state index contributed by atoms with van der Waals surface area (Å²) < 4.78 is 5.44. The van der Waals surface area contributed by atoms with Gasteiger partial charge in [-0.1, -0.05) is 44.2 Å². The van der Waals surface area contributed by atoms with Crippen LogP contribution >= 0.6 is 0 Å². The fourth-order valence-electron chi connectivity index (χ4n) is 2.94. The van der Waals surface area contributed by atoms with Crippen molar-refractivity contribution in [3.8, 4) is 0 Å². The first-order valence-corrected chi connectivity index (χ1v) is 7.24. The second-order valence-electron chi connectivity index (χ2n) is 5.64. The van der Waals surface area contributed by atoms with Gasteiger partial charge in [0, 0.05) is 38.8 Å². The molecule has 1 N–H and O–H groups in total. The SMILES string of the molecule is COCC(C(C)C)N1CCNCC1c1ccccc1. The van der Waals surface area contributed by atoms with Gasteiger partial charge in [-0.05, 0) is 11.5 Å². The largest absolute Gasteiger partial charge is 0.383 e. The monoisotopic (exact) mass is 262 g/mol. The van der Waals surface area contributed by atoms with E-state index in [0.717, 1.165) is 26.2 Å². The van der Waals surface area contributed by atoms with Crippen LogP contribution in [0.3, 0.4) is 0 Å². The lowest BCUT2D eigenvalue weighted by Crippen LogP contribution is -2.53. The zero-order valence-corrected chi connectivity index (χ0v) is 12.3. The van der Waals surface area contributed by atoms with Crippen molar-refractivity contribution in [3.05, 3.63) is 35.9 Å². The van der Waals surface area contributed by atoms with E-state index in [0.29, 0.717) is 18.0 Å². The summed E-state index contributed by atoms with van der Waals surface area (Å²) in [6.45, 7) is 8.56. The van der Waals surface area contributed by atoms with E-state index in [1.165, 1.54) is 5.56 Å². The van der Waals surface area contributed by atoms with Crippen LogP contribution in [0.2, 0.25) is 0 Å². The number of piperazine rings is 1. The second kappa shape index (κ2) is 7.04. The molecule has 2 rings (SSSR count). The van der Waals surface area contributed by atoms with Crippen molar-refractivity contribution in [2.24, 2.45) is 5.92 Å². The molecule has 1 aromatic rings.